The van der Waals surface area contributed by atoms with Crippen LogP contribution in [0.5, 0.6) is 0 Å². The van der Waals surface area contributed by atoms with Crippen LogP contribution in [-0.2, 0) is 10.0 Å². The van der Waals surface area contributed by atoms with Gasteiger partial charge in [0.1, 0.15) is 5.82 Å². The van der Waals surface area contributed by atoms with Gasteiger partial charge in [-0.05, 0) is 62.8 Å². The highest BCUT2D eigenvalue weighted by molar-refractivity contribution is 7.93. The number of nitrogens with one attached hydrogen (secondary N) is 1. The van der Waals surface area contributed by atoms with Gasteiger partial charge in [-0.1, -0.05) is 6.07 Å². The number of benzene rings is 2. The summed E-state index contributed by atoms with van der Waals surface area (Å²) >= 11 is 0. The van der Waals surface area contributed by atoms with Crippen molar-refractivity contribution in [2.24, 2.45) is 0 Å². The van der Waals surface area contributed by atoms with E-state index in [1.807, 2.05) is 11.9 Å². The molecular weight excluding hydrogens is 412 g/mol. The van der Waals surface area contributed by atoms with Crippen molar-refractivity contribution < 1.29 is 17.2 Å². The molecule has 158 valence electrons. The SMILES string of the molecule is CN1CCC(S(=O)(=O)Nc2ccc(F)c(-c3ccc4nc(N)ncc4c3)c2F)CC1. The number of fused-ring (bicyclic) bond motifs is 1. The molecule has 0 saturated carbocycles. The number of piperidine rings is 1. The van der Waals surface area contributed by atoms with Crippen LogP contribution < -0.4 is 10.5 Å². The Morgan fingerprint density at radius 1 is 1.17 bits per heavy atom. The molecule has 7 nitrogen and oxygen atoms in total. The topological polar surface area (TPSA) is 101 Å². The minimum atomic E-state index is -3.81. The van der Waals surface area contributed by atoms with Crippen LogP contribution in [0.4, 0.5) is 20.4 Å². The summed E-state index contributed by atoms with van der Waals surface area (Å²) in [4.78, 5) is 10.00. The van der Waals surface area contributed by atoms with Crippen LogP contribution in [0.3, 0.4) is 0 Å². The van der Waals surface area contributed by atoms with Crippen molar-refractivity contribution in [2.75, 3.05) is 30.6 Å². The third-order valence-corrected chi connectivity index (χ3v) is 7.19. The molecule has 1 aliphatic heterocycles. The van der Waals surface area contributed by atoms with Gasteiger partial charge >= 0.3 is 0 Å². The van der Waals surface area contributed by atoms with Crippen LogP contribution in [-0.4, -0.2) is 48.7 Å². The summed E-state index contributed by atoms with van der Waals surface area (Å²) in [7, 11) is -1.88. The first-order valence-corrected chi connectivity index (χ1v) is 11.0. The molecule has 0 bridgehead atoms. The summed E-state index contributed by atoms with van der Waals surface area (Å²) in [6.45, 7) is 1.29. The normalized spacial score (nSPS) is 16.1. The summed E-state index contributed by atoms with van der Waals surface area (Å²) in [6.07, 6.45) is 2.37. The molecule has 2 aromatic carbocycles. The lowest BCUT2D eigenvalue weighted by molar-refractivity contribution is 0.278. The Labute approximate surface area is 173 Å². The van der Waals surface area contributed by atoms with Crippen LogP contribution in [0.1, 0.15) is 12.8 Å². The molecule has 10 heteroatoms. The van der Waals surface area contributed by atoms with Crippen LogP contribution in [0, 0.1) is 11.6 Å². The van der Waals surface area contributed by atoms with Crippen LogP contribution >= 0.6 is 0 Å². The van der Waals surface area contributed by atoms with E-state index in [2.05, 4.69) is 14.7 Å². The van der Waals surface area contributed by atoms with Crippen molar-refractivity contribution in [1.82, 2.24) is 14.9 Å². The number of halogens is 2. The lowest BCUT2D eigenvalue weighted by atomic mass is 10.0. The third-order valence-electron chi connectivity index (χ3n) is 5.33. The van der Waals surface area contributed by atoms with E-state index in [1.165, 1.54) is 18.3 Å². The smallest absolute Gasteiger partial charge is 0.235 e. The van der Waals surface area contributed by atoms with Crippen LogP contribution in [0.25, 0.3) is 22.0 Å². The molecular formula is C20H21F2N5O2S. The van der Waals surface area contributed by atoms with E-state index in [4.69, 9.17) is 5.73 Å². The molecule has 30 heavy (non-hydrogen) atoms. The van der Waals surface area contributed by atoms with E-state index in [0.29, 0.717) is 36.8 Å². The number of hydrogen-bond acceptors (Lipinski definition) is 6. The molecule has 1 aromatic heterocycles. The average Bonchev–Trinajstić information content (AvgIpc) is 2.70. The summed E-state index contributed by atoms with van der Waals surface area (Å²) in [5.41, 5.74) is 5.73. The maximum Gasteiger partial charge on any atom is 0.235 e. The van der Waals surface area contributed by atoms with E-state index >= 15 is 4.39 Å². The largest absolute Gasteiger partial charge is 0.368 e. The number of nitrogen functional groups attached to an aromatic ring is 1. The number of hydrogen-bond donors (Lipinski definition) is 2. The molecule has 0 amide bonds. The van der Waals surface area contributed by atoms with E-state index in [1.54, 1.807) is 6.07 Å². The molecule has 3 N–H and O–H groups in total. The van der Waals surface area contributed by atoms with Gasteiger partial charge in [-0.3, -0.25) is 4.72 Å². The van der Waals surface area contributed by atoms with E-state index < -0.39 is 26.9 Å². The highest BCUT2D eigenvalue weighted by atomic mass is 32.2. The van der Waals surface area contributed by atoms with E-state index in [-0.39, 0.29) is 22.8 Å². The number of nitrogens with two attached hydrogens (primary N) is 1. The second-order valence-corrected chi connectivity index (χ2v) is 9.40. The molecule has 1 fully saturated rings. The van der Waals surface area contributed by atoms with E-state index in [0.717, 1.165) is 12.1 Å². The van der Waals surface area contributed by atoms with Crippen molar-refractivity contribution in [3.8, 4) is 11.1 Å². The second-order valence-electron chi connectivity index (χ2n) is 7.44. The first-order valence-electron chi connectivity index (χ1n) is 9.45. The minimum Gasteiger partial charge on any atom is -0.368 e. The van der Waals surface area contributed by atoms with Crippen LogP contribution in [0.2, 0.25) is 0 Å². The highest BCUT2D eigenvalue weighted by Gasteiger charge is 2.30. The Morgan fingerprint density at radius 3 is 2.63 bits per heavy atom. The fraction of sp³-hybridized carbons (Fsp3) is 0.300. The number of sulfonamides is 1. The molecule has 0 aliphatic carbocycles. The molecule has 3 aromatic rings. The molecule has 1 saturated heterocycles. The van der Waals surface area contributed by atoms with Gasteiger partial charge in [-0.15, -0.1) is 0 Å². The number of aromatic nitrogens is 2. The number of anilines is 2. The molecule has 1 aliphatic rings. The van der Waals surface area contributed by atoms with E-state index in [9.17, 15) is 12.8 Å². The third kappa shape index (κ3) is 3.92. The molecule has 0 spiro atoms. The van der Waals surface area contributed by atoms with Gasteiger partial charge in [0.2, 0.25) is 16.0 Å². The van der Waals surface area contributed by atoms with Crippen LogP contribution in [0.15, 0.2) is 36.5 Å². The van der Waals surface area contributed by atoms with Gasteiger partial charge < -0.3 is 10.6 Å². The maximum atomic E-state index is 15.2. The monoisotopic (exact) mass is 433 g/mol. The lowest BCUT2D eigenvalue weighted by Crippen LogP contribution is -2.39. The highest BCUT2D eigenvalue weighted by Crippen LogP contribution is 2.33. The van der Waals surface area contributed by atoms with Gasteiger partial charge in [0.25, 0.3) is 0 Å². The number of nitrogens with zero attached hydrogens (tertiary/aromatic N) is 3. The lowest BCUT2D eigenvalue weighted by Gasteiger charge is -2.29. The predicted octanol–water partition coefficient (Wildman–Crippen LogP) is 2.99. The Morgan fingerprint density at radius 2 is 1.90 bits per heavy atom. The van der Waals surface area contributed by atoms with Crippen molar-refractivity contribution >= 4 is 32.6 Å². The maximum absolute atomic E-state index is 15.2. The molecule has 0 atom stereocenters. The summed E-state index contributed by atoms with van der Waals surface area (Å²) in [5, 5.41) is -0.0670. The predicted molar refractivity (Wildman–Crippen MR) is 112 cm³/mol. The summed E-state index contributed by atoms with van der Waals surface area (Å²) in [6, 6.07) is 6.77. The van der Waals surface area contributed by atoms with Crippen molar-refractivity contribution in [1.29, 1.82) is 0 Å². The van der Waals surface area contributed by atoms with Crippen molar-refractivity contribution in [2.45, 2.75) is 18.1 Å². The zero-order valence-corrected chi connectivity index (χ0v) is 17.1. The molecule has 0 radical (unpaired) electrons. The summed E-state index contributed by atoms with van der Waals surface area (Å²) in [5.74, 6) is -1.68. The zero-order chi connectivity index (χ0) is 21.5. The Balaban J connectivity index is 1.69. The Hall–Kier alpha value is -2.85. The van der Waals surface area contributed by atoms with Crippen molar-refractivity contribution in [3.63, 3.8) is 0 Å². The van der Waals surface area contributed by atoms with Gasteiger partial charge in [-0.2, -0.15) is 0 Å². The fourth-order valence-electron chi connectivity index (χ4n) is 3.63. The molecule has 2 heterocycles. The Bertz CT molecular complexity index is 1210. The second kappa shape index (κ2) is 7.77. The number of likely N-dealkylation sites (tertiary alicyclic amines) is 1. The summed E-state index contributed by atoms with van der Waals surface area (Å²) < 4.78 is 57.5. The van der Waals surface area contributed by atoms with Gasteiger partial charge in [-0.25, -0.2) is 27.2 Å². The standard InChI is InChI=1S/C20H21F2N5O2S/c1-27-8-6-14(7-9-27)30(28,29)26-17-5-3-15(21)18(19(17)22)12-2-4-16-13(10-12)11-24-20(23)25-16/h2-5,10-11,14,26H,6-9H2,1H3,(H2,23,24,25). The fourth-order valence-corrected chi connectivity index (χ4v) is 5.09. The van der Waals surface area contributed by atoms with Gasteiger partial charge in [0.15, 0.2) is 5.82 Å². The average molecular weight is 433 g/mol. The zero-order valence-electron chi connectivity index (χ0n) is 16.3. The minimum absolute atomic E-state index is 0.0953. The Kier molecular flexibility index (Phi) is 5.29. The first-order chi connectivity index (χ1) is 14.2. The van der Waals surface area contributed by atoms with Gasteiger partial charge in [0, 0.05) is 11.6 Å². The van der Waals surface area contributed by atoms with Crippen molar-refractivity contribution in [3.05, 3.63) is 48.2 Å². The molecule has 0 unspecified atom stereocenters. The first kappa shape index (κ1) is 20.4. The molecule has 4 rings (SSSR count). The quantitative estimate of drug-likeness (QED) is 0.656. The van der Waals surface area contributed by atoms with Gasteiger partial charge in [0.05, 0.1) is 22.0 Å². The number of rotatable bonds is 4.